The van der Waals surface area contributed by atoms with Crippen LogP contribution in [-0.2, 0) is 48.3 Å². The van der Waals surface area contributed by atoms with Crippen molar-refractivity contribution in [2.75, 3.05) is 0 Å². The first-order valence-electron chi connectivity index (χ1n) is 3.19. The van der Waals surface area contributed by atoms with E-state index in [-0.39, 0.29) is 21.7 Å². The van der Waals surface area contributed by atoms with Gasteiger partial charge in [-0.15, -0.1) is 0 Å². The molecule has 2 nitrogen and oxygen atoms in total. The molecule has 0 fully saturated rings. The van der Waals surface area contributed by atoms with E-state index in [1.165, 1.54) is 0 Å². The molecule has 10 heavy (non-hydrogen) atoms. The van der Waals surface area contributed by atoms with Crippen LogP contribution in [0.4, 0.5) is 0 Å². The summed E-state index contributed by atoms with van der Waals surface area (Å²) >= 11 is -0.574. The van der Waals surface area contributed by atoms with E-state index in [1.807, 2.05) is 27.7 Å². The van der Waals surface area contributed by atoms with Crippen LogP contribution in [-0.4, -0.2) is 12.2 Å². The second kappa shape index (κ2) is 8.45. The van der Waals surface area contributed by atoms with Crippen molar-refractivity contribution in [3.63, 3.8) is 0 Å². The molecule has 0 saturated carbocycles. The van der Waals surface area contributed by atoms with Crippen LogP contribution in [0, 0.1) is 0 Å². The summed E-state index contributed by atoms with van der Waals surface area (Å²) in [4.78, 5) is 0. The average Bonchev–Trinajstić information content (AvgIpc) is 1.63. The Morgan fingerprint density at radius 3 is 1.40 bits per heavy atom. The van der Waals surface area contributed by atoms with Gasteiger partial charge >= 0.3 is 66.5 Å². The van der Waals surface area contributed by atoms with Gasteiger partial charge in [0.05, 0.1) is 0 Å². The van der Waals surface area contributed by atoms with Crippen molar-refractivity contribution in [1.29, 1.82) is 0 Å². The van der Waals surface area contributed by atoms with E-state index in [2.05, 4.69) is 0 Å². The summed E-state index contributed by atoms with van der Waals surface area (Å²) in [5, 5.41) is 0. The van der Waals surface area contributed by atoms with Gasteiger partial charge in [0.15, 0.2) is 0 Å². The van der Waals surface area contributed by atoms with Crippen molar-refractivity contribution in [3.8, 4) is 0 Å². The molecule has 0 aliphatic carbocycles. The Labute approximate surface area is 87.8 Å². The van der Waals surface area contributed by atoms with E-state index in [0.29, 0.717) is 12.2 Å². The third-order valence-corrected chi connectivity index (χ3v) is 2.34. The minimum atomic E-state index is -0.574. The van der Waals surface area contributed by atoms with Gasteiger partial charge in [0, 0.05) is 21.7 Å². The molecule has 0 aromatic rings. The van der Waals surface area contributed by atoms with E-state index in [9.17, 15) is 0 Å². The Morgan fingerprint density at radius 1 is 0.900 bits per heavy atom. The summed E-state index contributed by atoms with van der Waals surface area (Å²) in [6.07, 6.45) is 0.646. The van der Waals surface area contributed by atoms with Gasteiger partial charge in [0.25, 0.3) is 0 Å². The molecular formula is C6H14O2Ti2. The van der Waals surface area contributed by atoms with Gasteiger partial charge in [-0.2, -0.15) is 0 Å². The van der Waals surface area contributed by atoms with Gasteiger partial charge in [-0.05, 0) is 0 Å². The molecule has 0 spiro atoms. The van der Waals surface area contributed by atoms with Gasteiger partial charge in [-0.3, -0.25) is 0 Å². The van der Waals surface area contributed by atoms with Crippen LogP contribution in [0.2, 0.25) is 0 Å². The Morgan fingerprint density at radius 2 is 1.20 bits per heavy atom. The van der Waals surface area contributed by atoms with Crippen molar-refractivity contribution in [1.82, 2.24) is 0 Å². The maximum atomic E-state index is 5.26. The third kappa shape index (κ3) is 12.1. The van der Waals surface area contributed by atoms with Gasteiger partial charge in [0.2, 0.25) is 0 Å². The number of hydrogen-bond acceptors (Lipinski definition) is 2. The van der Waals surface area contributed by atoms with Crippen LogP contribution in [0.1, 0.15) is 27.7 Å². The fourth-order valence-corrected chi connectivity index (χ4v) is 0.908. The van der Waals surface area contributed by atoms with Crippen LogP contribution in [0.5, 0.6) is 0 Å². The normalized spacial score (nSPS) is 9.80. The van der Waals surface area contributed by atoms with Gasteiger partial charge in [-0.25, -0.2) is 0 Å². The molecule has 0 unspecified atom stereocenters. The molecule has 0 rings (SSSR count). The molecule has 4 heteroatoms. The molecular weight excluding hydrogens is 200 g/mol. The SMILES string of the molecule is CC(C)[O][Ti][O]C(C)C.[Ti]. The molecule has 0 amide bonds. The minimum Gasteiger partial charge on any atom is 0 e. The quantitative estimate of drug-likeness (QED) is 0.663. The van der Waals surface area contributed by atoms with E-state index in [0.717, 1.165) is 0 Å². The Balaban J connectivity index is 0. The van der Waals surface area contributed by atoms with Crippen LogP contribution in [0.25, 0.3) is 0 Å². The van der Waals surface area contributed by atoms with Gasteiger partial charge < -0.3 is 0 Å². The summed E-state index contributed by atoms with van der Waals surface area (Å²) in [6, 6.07) is 0. The predicted octanol–water partition coefficient (Wildman–Crippen LogP) is 1.75. The van der Waals surface area contributed by atoms with E-state index in [4.69, 9.17) is 6.64 Å². The minimum absolute atomic E-state index is 0. The summed E-state index contributed by atoms with van der Waals surface area (Å²) in [6.45, 7) is 8.08. The standard InChI is InChI=1S/2C3H7O.2Ti/c2*1-3(2)4;;/h2*3H,1-2H3;;/q2*-1;;+2. The summed E-state index contributed by atoms with van der Waals surface area (Å²) in [5.74, 6) is 0. The zero-order chi connectivity index (χ0) is 7.28. The van der Waals surface area contributed by atoms with E-state index in [1.54, 1.807) is 0 Å². The first-order chi connectivity index (χ1) is 4.13. The van der Waals surface area contributed by atoms with Crippen molar-refractivity contribution in [2.45, 2.75) is 39.9 Å². The molecule has 0 saturated heterocycles. The molecule has 0 aromatic carbocycles. The van der Waals surface area contributed by atoms with Crippen LogP contribution in [0.15, 0.2) is 0 Å². The maximum absolute atomic E-state index is 5.26. The molecule has 0 aromatic heterocycles. The van der Waals surface area contributed by atoms with Crippen molar-refractivity contribution in [3.05, 3.63) is 0 Å². The van der Waals surface area contributed by atoms with Crippen molar-refractivity contribution in [2.24, 2.45) is 0 Å². The fourth-order valence-electron chi connectivity index (χ4n) is 0.220. The molecule has 0 heterocycles. The molecule has 0 atom stereocenters. The van der Waals surface area contributed by atoms with Crippen LogP contribution >= 0.6 is 0 Å². The van der Waals surface area contributed by atoms with Crippen molar-refractivity contribution >= 4 is 0 Å². The average molecular weight is 214 g/mol. The maximum Gasteiger partial charge on any atom is 0 e. The predicted molar refractivity (Wildman–Crippen MR) is 32.4 cm³/mol. The zero-order valence-electron chi connectivity index (χ0n) is 6.97. The molecule has 0 radical (unpaired) electrons. The number of rotatable bonds is 4. The molecule has 0 aliphatic heterocycles. The molecule has 58 valence electrons. The number of hydrogen-bond donors (Lipinski definition) is 0. The fraction of sp³-hybridized carbons (Fsp3) is 1.00. The van der Waals surface area contributed by atoms with Crippen molar-refractivity contribution < 1.29 is 48.3 Å². The summed E-state index contributed by atoms with van der Waals surface area (Å²) < 4.78 is 10.5. The second-order valence-corrected chi connectivity index (χ2v) is 3.41. The Bertz CT molecular complexity index is 58.8. The smallest absolute Gasteiger partial charge is 0 e. The molecule has 0 bridgehead atoms. The summed E-state index contributed by atoms with van der Waals surface area (Å²) in [7, 11) is 0. The topological polar surface area (TPSA) is 18.5 Å². The first-order valence-corrected chi connectivity index (χ1v) is 4.46. The monoisotopic (exact) mass is 214 g/mol. The van der Waals surface area contributed by atoms with Gasteiger partial charge in [-0.1, -0.05) is 0 Å². The molecule has 0 N–H and O–H groups in total. The third-order valence-electron chi connectivity index (χ3n) is 0.568. The van der Waals surface area contributed by atoms with E-state index < -0.39 is 19.9 Å². The summed E-state index contributed by atoms with van der Waals surface area (Å²) in [5.41, 5.74) is 0. The first kappa shape index (κ1) is 13.9. The Hall–Kier alpha value is 1.35. The molecule has 0 aliphatic rings. The van der Waals surface area contributed by atoms with Gasteiger partial charge in [0.1, 0.15) is 0 Å². The zero-order valence-corrected chi connectivity index (χ0v) is 10.1. The second-order valence-electron chi connectivity index (χ2n) is 2.42. The van der Waals surface area contributed by atoms with E-state index >= 15 is 0 Å². The Kier molecular flexibility index (Phi) is 11.7. The van der Waals surface area contributed by atoms with Crippen LogP contribution < -0.4 is 0 Å². The largest absolute Gasteiger partial charge is 0 e. The van der Waals surface area contributed by atoms with Crippen LogP contribution in [0.3, 0.4) is 0 Å².